The third-order valence-corrected chi connectivity index (χ3v) is 27.2. The Morgan fingerprint density at radius 1 is 0.151 bits per heavy atom. The highest BCUT2D eigenvalue weighted by Gasteiger charge is 2.40. The first-order valence-corrected chi connectivity index (χ1v) is 42.2. The van der Waals surface area contributed by atoms with Gasteiger partial charge in [-0.2, -0.15) is 0 Å². The SMILES string of the molecule is CC1(C)C(c2ccc(N(c3ccc(C4=Cc5cc6ccccc6cc5C4(C)C)cc3)c3ccc(-c4ccccc4)cc3)cc2)=Cc2cc3ccccc3cc21.CC1(C)C(c2ccc(N(c3ccc(C4=Cc5cc6ccccc6cc5C4(C)C)cc3)c3ccc(C4=Cc5cc6ccccc6cc5C4(C)C)cc3)cc2)=Cc2cc3ccccc3cc21. The fourth-order valence-electron chi connectivity index (χ4n) is 20.5. The molecule has 0 saturated carbocycles. The molecule has 0 atom stereocenters. The molecule has 5 aliphatic carbocycles. The van der Waals surface area contributed by atoms with Gasteiger partial charge in [-0.25, -0.2) is 0 Å². The molecule has 2 nitrogen and oxygen atoms in total. The Hall–Kier alpha value is -13.7. The number of hydrogen-bond acceptors (Lipinski definition) is 2. The van der Waals surface area contributed by atoms with E-state index in [4.69, 9.17) is 0 Å². The zero-order valence-electron chi connectivity index (χ0n) is 69.3. The topological polar surface area (TPSA) is 6.48 Å². The number of fused-ring (bicyclic) bond motifs is 10. The zero-order valence-corrected chi connectivity index (χ0v) is 69.3. The number of anilines is 6. The summed E-state index contributed by atoms with van der Waals surface area (Å²) in [6.45, 7) is 23.6. The van der Waals surface area contributed by atoms with Crippen LogP contribution in [0.5, 0.6) is 0 Å². The van der Waals surface area contributed by atoms with Crippen molar-refractivity contribution in [3.63, 3.8) is 0 Å². The molecule has 0 amide bonds. The molecular weight excluding hydrogens is 1430 g/mol. The van der Waals surface area contributed by atoms with Gasteiger partial charge in [-0.05, 0) is 340 Å². The molecule has 2 heteroatoms. The monoisotopic (exact) mass is 1530 g/mol. The van der Waals surface area contributed by atoms with Gasteiger partial charge >= 0.3 is 0 Å². The van der Waals surface area contributed by atoms with Crippen molar-refractivity contribution in [1.29, 1.82) is 0 Å². The van der Waals surface area contributed by atoms with E-state index in [2.05, 4.69) is 467 Å². The predicted molar refractivity (Wildman–Crippen MR) is 512 cm³/mol. The highest BCUT2D eigenvalue weighted by atomic mass is 15.1. The van der Waals surface area contributed by atoms with Crippen molar-refractivity contribution < 1.29 is 0 Å². The summed E-state index contributed by atoms with van der Waals surface area (Å²) >= 11 is 0. The molecule has 0 radical (unpaired) electrons. The van der Waals surface area contributed by atoms with E-state index in [0.717, 1.165) is 34.1 Å². The fraction of sp³-hybridized carbons (Fsp3) is 0.128. The largest absolute Gasteiger partial charge is 0.311 e. The number of hydrogen-bond donors (Lipinski definition) is 0. The van der Waals surface area contributed by atoms with Gasteiger partial charge in [-0.3, -0.25) is 0 Å². The van der Waals surface area contributed by atoms with Crippen LogP contribution < -0.4 is 9.80 Å². The Morgan fingerprint density at radius 2 is 0.303 bits per heavy atom. The van der Waals surface area contributed by atoms with E-state index in [0.29, 0.717) is 0 Å². The Balaban J connectivity index is 0.000000149. The van der Waals surface area contributed by atoms with Crippen LogP contribution in [0.3, 0.4) is 0 Å². The van der Waals surface area contributed by atoms with Crippen LogP contribution in [0.25, 0.3) is 123 Å². The molecular formula is C117H94N2. The van der Waals surface area contributed by atoms with Crippen molar-refractivity contribution in [1.82, 2.24) is 0 Å². The van der Waals surface area contributed by atoms with Crippen molar-refractivity contribution in [2.45, 2.75) is 96.3 Å². The molecule has 17 aromatic carbocycles. The van der Waals surface area contributed by atoms with Crippen molar-refractivity contribution in [3.8, 4) is 11.1 Å². The van der Waals surface area contributed by atoms with Crippen molar-refractivity contribution in [2.24, 2.45) is 0 Å². The molecule has 0 saturated heterocycles. The second-order valence-electron chi connectivity index (χ2n) is 36.2. The van der Waals surface area contributed by atoms with Gasteiger partial charge in [0.1, 0.15) is 0 Å². The maximum Gasteiger partial charge on any atom is 0.0462 e. The van der Waals surface area contributed by atoms with Gasteiger partial charge in [0.25, 0.3) is 0 Å². The third kappa shape index (κ3) is 12.4. The minimum atomic E-state index is -0.115. The van der Waals surface area contributed by atoms with Crippen LogP contribution in [-0.2, 0) is 27.1 Å². The van der Waals surface area contributed by atoms with Crippen LogP contribution in [0.4, 0.5) is 34.1 Å². The summed E-state index contributed by atoms with van der Waals surface area (Å²) in [6.07, 6.45) is 12.0. The van der Waals surface area contributed by atoms with E-state index >= 15 is 0 Å². The van der Waals surface area contributed by atoms with Crippen LogP contribution in [0, 0.1) is 0 Å². The van der Waals surface area contributed by atoms with Gasteiger partial charge in [-0.1, -0.05) is 294 Å². The molecule has 22 rings (SSSR count). The lowest BCUT2D eigenvalue weighted by atomic mass is 9.78. The first-order valence-electron chi connectivity index (χ1n) is 42.2. The highest BCUT2D eigenvalue weighted by molar-refractivity contribution is 6.05. The lowest BCUT2D eigenvalue weighted by molar-refractivity contribution is 0.705. The second kappa shape index (κ2) is 27.8. The molecule has 119 heavy (non-hydrogen) atoms. The van der Waals surface area contributed by atoms with Crippen LogP contribution in [-0.4, -0.2) is 0 Å². The average molecular weight is 1530 g/mol. The van der Waals surface area contributed by atoms with E-state index in [1.807, 2.05) is 0 Å². The zero-order chi connectivity index (χ0) is 80.8. The van der Waals surface area contributed by atoms with Gasteiger partial charge in [0, 0.05) is 61.2 Å². The van der Waals surface area contributed by atoms with Crippen molar-refractivity contribution in [3.05, 3.63) is 441 Å². The summed E-state index contributed by atoms with van der Waals surface area (Å²) in [4.78, 5) is 4.80. The molecule has 5 aliphatic rings. The lowest BCUT2D eigenvalue weighted by Crippen LogP contribution is -2.17. The molecule has 0 N–H and O–H groups in total. The minimum absolute atomic E-state index is 0.0985. The maximum absolute atomic E-state index is 2.41. The molecule has 0 spiro atoms. The van der Waals surface area contributed by atoms with E-state index in [1.54, 1.807) is 0 Å². The summed E-state index contributed by atoms with van der Waals surface area (Å²) in [6, 6.07) is 133. The molecule has 572 valence electrons. The Bertz CT molecular complexity index is 6630. The smallest absolute Gasteiger partial charge is 0.0462 e. The summed E-state index contributed by atoms with van der Waals surface area (Å²) in [7, 11) is 0. The number of benzene rings is 17. The van der Waals surface area contributed by atoms with Gasteiger partial charge in [0.05, 0.1) is 0 Å². The van der Waals surface area contributed by atoms with Gasteiger partial charge < -0.3 is 9.80 Å². The number of nitrogens with zero attached hydrogens (tertiary/aromatic N) is 2. The average Bonchev–Trinajstić information content (AvgIpc) is 1.63. The van der Waals surface area contributed by atoms with Gasteiger partial charge in [-0.15, -0.1) is 0 Å². The van der Waals surface area contributed by atoms with E-state index in [1.165, 1.54) is 176 Å². The quantitative estimate of drug-likeness (QED) is 0.120. The highest BCUT2D eigenvalue weighted by Crippen LogP contribution is 2.55. The van der Waals surface area contributed by atoms with Crippen LogP contribution >= 0.6 is 0 Å². The fourth-order valence-corrected chi connectivity index (χ4v) is 20.5. The molecule has 0 aromatic heterocycles. The van der Waals surface area contributed by atoms with Crippen LogP contribution in [0.2, 0.25) is 0 Å². The summed E-state index contributed by atoms with van der Waals surface area (Å²) in [5.74, 6) is 0. The first-order chi connectivity index (χ1) is 57.7. The number of allylic oxidation sites excluding steroid dienone is 5. The normalized spacial score (nSPS) is 15.7. The van der Waals surface area contributed by atoms with E-state index in [9.17, 15) is 0 Å². The van der Waals surface area contributed by atoms with Gasteiger partial charge in [0.2, 0.25) is 0 Å². The first kappa shape index (κ1) is 73.0. The van der Waals surface area contributed by atoms with E-state index < -0.39 is 0 Å². The minimum Gasteiger partial charge on any atom is -0.311 e. The van der Waals surface area contributed by atoms with Gasteiger partial charge in [0.15, 0.2) is 0 Å². The summed E-state index contributed by atoms with van der Waals surface area (Å²) < 4.78 is 0. The van der Waals surface area contributed by atoms with E-state index in [-0.39, 0.29) is 27.1 Å². The van der Waals surface area contributed by atoms with Crippen LogP contribution in [0.15, 0.2) is 358 Å². The third-order valence-electron chi connectivity index (χ3n) is 27.2. The summed E-state index contributed by atoms with van der Waals surface area (Å²) in [5.41, 5.74) is 35.2. The Morgan fingerprint density at radius 3 is 0.487 bits per heavy atom. The van der Waals surface area contributed by atoms with Crippen molar-refractivity contribution >= 4 is 146 Å². The van der Waals surface area contributed by atoms with Crippen molar-refractivity contribution in [2.75, 3.05) is 9.80 Å². The summed E-state index contributed by atoms with van der Waals surface area (Å²) in [5, 5.41) is 12.9. The standard InChI is InChI=1S/C63H51N.C54H43N/c1-61(2)55(37-49-31-43-13-7-10-16-46(43)34-58(49)61)40-19-25-52(26-20-40)64(53-27-21-41(22-28-53)56-38-50-32-44-14-8-11-17-47(44)35-59(50)62(56,3)4)54-29-23-42(24-30-54)57-39-51-33-45-15-9-12-18-48(45)36-60(51)63(57,5)6;1-53(2)49(34-44-30-40-14-8-10-16-42(40)32-51(44)53)38-20-26-47(27-21-38)55(46-24-18-37(19-25-46)36-12-6-5-7-13-36)48-28-22-39(23-29-48)50-35-45-31-41-15-9-11-17-43(41)33-52(45)54(50,3)4/h7-39H,1-6H3;5-35H,1-4H3. The maximum atomic E-state index is 2.41. The molecule has 0 fully saturated rings. The Labute approximate surface area is 700 Å². The second-order valence-corrected chi connectivity index (χ2v) is 36.2. The predicted octanol–water partition coefficient (Wildman–Crippen LogP) is 31.9. The Kier molecular flexibility index (Phi) is 17.0. The molecule has 17 aromatic rings. The molecule has 0 unspecified atom stereocenters. The molecule has 0 bridgehead atoms. The van der Waals surface area contributed by atoms with Crippen LogP contribution in [0.1, 0.15) is 153 Å². The molecule has 0 aliphatic heterocycles. The molecule has 0 heterocycles. The lowest BCUT2D eigenvalue weighted by Gasteiger charge is -2.29. The number of rotatable bonds is 12.